The van der Waals surface area contributed by atoms with Crippen molar-refractivity contribution in [2.45, 2.75) is 141 Å². The third kappa shape index (κ3) is 11.0. The summed E-state index contributed by atoms with van der Waals surface area (Å²) in [5, 5.41) is 8.15. The van der Waals surface area contributed by atoms with Crippen LogP contribution in [0.4, 0.5) is 4.79 Å². The van der Waals surface area contributed by atoms with Crippen molar-refractivity contribution in [2.24, 2.45) is 5.41 Å². The fourth-order valence-corrected chi connectivity index (χ4v) is 11.8. The van der Waals surface area contributed by atoms with Gasteiger partial charge in [0.15, 0.2) is 0 Å². The molecule has 4 aromatic rings. The van der Waals surface area contributed by atoms with Crippen LogP contribution in [0.1, 0.15) is 126 Å². The number of likely N-dealkylation sites (tertiary alicyclic amines) is 2. The highest BCUT2D eigenvalue weighted by molar-refractivity contribution is 7.10. The van der Waals surface area contributed by atoms with E-state index in [-0.39, 0.29) is 37.5 Å². The van der Waals surface area contributed by atoms with E-state index in [4.69, 9.17) is 33.7 Å². The monoisotopic (exact) mass is 983 g/mol. The number of amides is 3. The van der Waals surface area contributed by atoms with Gasteiger partial charge in [-0.25, -0.2) is 15.2 Å². The molecule has 8 heterocycles. The summed E-state index contributed by atoms with van der Waals surface area (Å²) in [4.78, 5) is 57.4. The third-order valence-electron chi connectivity index (χ3n) is 15.2. The van der Waals surface area contributed by atoms with Gasteiger partial charge in [0.1, 0.15) is 23.2 Å². The van der Waals surface area contributed by atoms with Crippen molar-refractivity contribution in [3.05, 3.63) is 57.7 Å². The maximum atomic E-state index is 14.7. The Hall–Kier alpha value is -4.49. The number of hydrogen-bond donors (Lipinski definition) is 2. The highest BCUT2D eigenvalue weighted by Crippen LogP contribution is 2.44. The Balaban J connectivity index is 1.21. The van der Waals surface area contributed by atoms with Gasteiger partial charge in [-0.15, -0.1) is 11.3 Å². The average Bonchev–Trinajstić information content (AvgIpc) is 3.89. The number of methoxy groups -OCH3 is 1. The summed E-state index contributed by atoms with van der Waals surface area (Å²) < 4.78 is 33.5. The normalized spacial score (nSPS) is 25.5. The van der Waals surface area contributed by atoms with Gasteiger partial charge in [-0.05, 0) is 134 Å². The molecule has 17 heteroatoms. The van der Waals surface area contributed by atoms with E-state index < -0.39 is 35.5 Å². The predicted molar refractivity (Wildman–Crippen MR) is 269 cm³/mol. The molecule has 4 saturated heterocycles. The largest absolute Gasteiger partial charge is 0.464 e. The fraction of sp³-hybridized carbons (Fsp3) is 0.642. The van der Waals surface area contributed by atoms with Crippen LogP contribution >= 0.6 is 11.3 Å². The van der Waals surface area contributed by atoms with E-state index in [2.05, 4.69) is 78.5 Å². The van der Waals surface area contributed by atoms with Gasteiger partial charge in [-0.3, -0.25) is 19.6 Å². The van der Waals surface area contributed by atoms with Gasteiger partial charge in [-0.2, -0.15) is 0 Å². The second kappa shape index (κ2) is 22.1. The van der Waals surface area contributed by atoms with Crippen LogP contribution < -0.4 is 10.7 Å². The van der Waals surface area contributed by atoms with Crippen molar-refractivity contribution in [1.29, 1.82) is 0 Å². The summed E-state index contributed by atoms with van der Waals surface area (Å²) in [6.07, 6.45) is 8.53. The number of fused-ring (bicyclic) bond motifs is 6. The second-order valence-electron chi connectivity index (χ2n) is 20.9. The van der Waals surface area contributed by atoms with Crippen molar-refractivity contribution in [3.63, 3.8) is 0 Å². The number of hydrazine groups is 1. The number of ether oxygens (including phenoxy) is 5. The molecule has 6 bridgehead atoms. The van der Waals surface area contributed by atoms with Crippen LogP contribution in [0.3, 0.4) is 0 Å². The molecule has 380 valence electrons. The third-order valence-corrected chi connectivity index (χ3v) is 16.1. The molecule has 2 N–H and O–H groups in total. The Bertz CT molecular complexity index is 2490. The van der Waals surface area contributed by atoms with Crippen molar-refractivity contribution in [2.75, 3.05) is 73.4 Å². The average molecular weight is 983 g/mol. The Morgan fingerprint density at radius 3 is 2.60 bits per heavy atom. The molecular formula is C53H74N8O8S. The molecule has 4 fully saturated rings. The lowest BCUT2D eigenvalue weighted by atomic mass is 9.83. The lowest BCUT2D eigenvalue weighted by molar-refractivity contribution is -0.156. The number of aromatic nitrogens is 3. The van der Waals surface area contributed by atoms with Crippen LogP contribution in [-0.4, -0.2) is 145 Å². The smallest absolute Gasteiger partial charge is 0.324 e. The summed E-state index contributed by atoms with van der Waals surface area (Å²) in [6.45, 7) is 16.2. The van der Waals surface area contributed by atoms with Crippen LogP contribution in [0.25, 0.3) is 33.4 Å². The molecule has 3 aromatic heterocycles. The van der Waals surface area contributed by atoms with E-state index in [9.17, 15) is 14.4 Å². The van der Waals surface area contributed by atoms with Crippen LogP contribution in [0, 0.1) is 5.41 Å². The van der Waals surface area contributed by atoms with Crippen LogP contribution in [-0.2, 0) is 46.2 Å². The van der Waals surface area contributed by atoms with Gasteiger partial charge in [0.05, 0.1) is 42.5 Å². The maximum absolute atomic E-state index is 14.7. The van der Waals surface area contributed by atoms with Crippen molar-refractivity contribution in [1.82, 2.24) is 40.1 Å². The van der Waals surface area contributed by atoms with Gasteiger partial charge < -0.3 is 43.4 Å². The van der Waals surface area contributed by atoms with Crippen LogP contribution in [0.2, 0.25) is 0 Å². The molecule has 0 aliphatic carbocycles. The first kappa shape index (κ1) is 50.5. The molecule has 3 amide bonds. The number of hydrogen-bond acceptors (Lipinski definition) is 13. The number of cyclic esters (lactones) is 1. The van der Waals surface area contributed by atoms with Gasteiger partial charge in [0.25, 0.3) is 5.91 Å². The number of pyridine rings is 1. The lowest BCUT2D eigenvalue weighted by Gasteiger charge is -2.41. The predicted octanol–water partition coefficient (Wildman–Crippen LogP) is 7.80. The Kier molecular flexibility index (Phi) is 15.9. The minimum Gasteiger partial charge on any atom is -0.464 e. The number of nitrogens with one attached hydrogen (secondary N) is 2. The van der Waals surface area contributed by atoms with Crippen molar-refractivity contribution < 1.29 is 38.1 Å². The number of carbonyl (C=O) groups excluding carboxylic acids is 3. The molecule has 5 aliphatic rings. The molecule has 5 aliphatic heterocycles. The van der Waals surface area contributed by atoms with Gasteiger partial charge in [-0.1, -0.05) is 19.9 Å². The van der Waals surface area contributed by atoms with E-state index in [0.717, 1.165) is 96.3 Å². The highest BCUT2D eigenvalue weighted by Gasteiger charge is 2.42. The van der Waals surface area contributed by atoms with E-state index in [0.29, 0.717) is 69.6 Å². The van der Waals surface area contributed by atoms with Gasteiger partial charge >= 0.3 is 12.0 Å². The molecule has 1 aromatic carbocycles. The molecule has 6 atom stereocenters. The first-order chi connectivity index (χ1) is 33.8. The Labute approximate surface area is 417 Å². The molecule has 0 unspecified atom stereocenters. The summed E-state index contributed by atoms with van der Waals surface area (Å²) in [5.74, 6) is -0.463. The van der Waals surface area contributed by atoms with Crippen molar-refractivity contribution in [3.8, 4) is 22.5 Å². The summed E-state index contributed by atoms with van der Waals surface area (Å²) >= 11 is 1.41. The SMILES string of the molecule is CCO[C@@H]1c2nc(cs2)-c2ccc3c(c2)c(c(-c2cc([C@@H]4CCCN(C)CC4)cnc2[C@H](C)OC)n3CCOC2CCOCC2)CC(C)(C)COC(=O)[C@@H]2CCCN(N2)C(=O)[C@H]1NC(=O)N1CC[C@H]1C. The standard InChI is InChI=1S/C53H74N8O8S/c1-8-67-48-46(56-52(64)59-22-15-33(59)2)50(62)61-20-10-12-42(57-61)51(63)69-32-53(4,5)29-41-39-27-36(43-31-70-49(48)55-43)13-14-44(39)60(23-26-68-38-17-24-66-25-18-38)47(41)40-28-37(30-54-45(40)34(3)65-7)35-11-9-19-58(6)21-16-35/h13-14,27-28,30-31,33-35,38,42,46,48,57H,8-12,15-26,29,32H2,1-7H3,(H,56,64)/t33-,34+,35-,42+,46+,48+/m1/s1. The van der Waals surface area contributed by atoms with Gasteiger partial charge in [0.2, 0.25) is 0 Å². The first-order valence-corrected chi connectivity index (χ1v) is 26.6. The first-order valence-electron chi connectivity index (χ1n) is 25.8. The number of nitrogens with zero attached hydrogens (tertiary/aromatic N) is 6. The number of esters is 1. The zero-order chi connectivity index (χ0) is 49.1. The summed E-state index contributed by atoms with van der Waals surface area (Å²) in [5.41, 5.74) is 10.7. The van der Waals surface area contributed by atoms with Gasteiger partial charge in [0, 0.05) is 91.6 Å². The van der Waals surface area contributed by atoms with E-state index in [1.54, 1.807) is 12.0 Å². The number of rotatable bonds is 11. The number of carbonyl (C=O) groups is 3. The number of thiazole rings is 1. The zero-order valence-electron chi connectivity index (χ0n) is 42.3. The fourth-order valence-electron chi connectivity index (χ4n) is 10.9. The topological polar surface area (TPSA) is 162 Å². The summed E-state index contributed by atoms with van der Waals surface area (Å²) in [6, 6.07) is 6.76. The second-order valence-corrected chi connectivity index (χ2v) is 21.8. The minimum atomic E-state index is -1.12. The Morgan fingerprint density at radius 2 is 1.84 bits per heavy atom. The number of benzene rings is 1. The molecule has 70 heavy (non-hydrogen) atoms. The maximum Gasteiger partial charge on any atom is 0.324 e. The summed E-state index contributed by atoms with van der Waals surface area (Å²) in [7, 11) is 3.95. The quantitative estimate of drug-likeness (QED) is 0.141. The highest BCUT2D eigenvalue weighted by atomic mass is 32.1. The Morgan fingerprint density at radius 1 is 1.03 bits per heavy atom. The van der Waals surface area contributed by atoms with E-state index in [1.165, 1.54) is 21.9 Å². The van der Waals surface area contributed by atoms with E-state index >= 15 is 0 Å². The number of urea groups is 1. The molecule has 0 saturated carbocycles. The molecule has 0 radical (unpaired) electrons. The zero-order valence-corrected chi connectivity index (χ0v) is 43.1. The van der Waals surface area contributed by atoms with Crippen LogP contribution in [0.15, 0.2) is 35.8 Å². The van der Waals surface area contributed by atoms with Crippen molar-refractivity contribution >= 4 is 40.1 Å². The van der Waals surface area contributed by atoms with Crippen LogP contribution in [0.5, 0.6) is 0 Å². The molecule has 0 spiro atoms. The van der Waals surface area contributed by atoms with E-state index in [1.807, 2.05) is 19.2 Å². The minimum absolute atomic E-state index is 0.0523. The molecule has 16 nitrogen and oxygen atoms in total. The molecule has 9 rings (SSSR count). The lowest BCUT2D eigenvalue weighted by Crippen LogP contribution is -2.63. The molecular weight excluding hydrogens is 909 g/mol.